The van der Waals surface area contributed by atoms with Gasteiger partial charge in [0.1, 0.15) is 0 Å². The van der Waals surface area contributed by atoms with E-state index in [1.165, 1.54) is 64.2 Å². The van der Waals surface area contributed by atoms with Crippen molar-refractivity contribution in [3.05, 3.63) is 0 Å². The van der Waals surface area contributed by atoms with Gasteiger partial charge in [-0.25, -0.2) is 0 Å². The number of carbonyl (C=O) groups is 1. The normalized spacial score (nSPS) is 11.7. The summed E-state index contributed by atoms with van der Waals surface area (Å²) >= 11 is 0. The summed E-state index contributed by atoms with van der Waals surface area (Å²) in [5, 5.41) is 8.60. The fourth-order valence-electron chi connectivity index (χ4n) is 2.58. The molecule has 0 rings (SSSR count). The first kappa shape index (κ1) is 24.7. The molecule has 0 radical (unpaired) electrons. The van der Waals surface area contributed by atoms with Gasteiger partial charge in [0.05, 0.1) is 5.92 Å². The molecular weight excluding hydrogens is 286 g/mol. The smallest absolute Gasteiger partial charge is 0.306 e. The van der Waals surface area contributed by atoms with Gasteiger partial charge in [0.15, 0.2) is 0 Å². The quantitative estimate of drug-likeness (QED) is 0.354. The fourth-order valence-corrected chi connectivity index (χ4v) is 2.58. The third kappa shape index (κ3) is 21.4. The van der Waals surface area contributed by atoms with E-state index in [1.807, 2.05) is 6.92 Å². The first-order valence-electron chi connectivity index (χ1n) is 10.1. The van der Waals surface area contributed by atoms with Crippen LogP contribution >= 0.6 is 0 Å². The number of carboxylic acid groups (broad SMARTS) is 1. The highest BCUT2D eigenvalue weighted by atomic mass is 16.4. The molecule has 0 bridgehead atoms. The van der Waals surface area contributed by atoms with Gasteiger partial charge >= 0.3 is 5.97 Å². The van der Waals surface area contributed by atoms with Crippen LogP contribution in [0.15, 0.2) is 0 Å². The highest BCUT2D eigenvalue weighted by molar-refractivity contribution is 5.69. The topological polar surface area (TPSA) is 63.3 Å². The van der Waals surface area contributed by atoms with Crippen LogP contribution in [0.1, 0.15) is 111 Å². The molecule has 23 heavy (non-hydrogen) atoms. The maximum atomic E-state index is 10.4. The van der Waals surface area contributed by atoms with Crippen molar-refractivity contribution in [2.24, 2.45) is 11.7 Å². The summed E-state index contributed by atoms with van der Waals surface area (Å²) in [7, 11) is 0. The molecule has 3 N–H and O–H groups in total. The van der Waals surface area contributed by atoms with Gasteiger partial charge in [-0.05, 0) is 25.8 Å². The van der Waals surface area contributed by atoms with E-state index >= 15 is 0 Å². The van der Waals surface area contributed by atoms with Crippen molar-refractivity contribution in [3.8, 4) is 0 Å². The molecule has 0 saturated heterocycles. The summed E-state index contributed by atoms with van der Waals surface area (Å²) < 4.78 is 0. The average molecular weight is 330 g/mol. The lowest BCUT2D eigenvalue weighted by atomic mass is 10.00. The fraction of sp³-hybridized carbons (Fsp3) is 0.950. The molecule has 0 aliphatic rings. The third-order valence-corrected chi connectivity index (χ3v) is 4.31. The molecule has 1 atom stereocenters. The minimum absolute atomic E-state index is 0.111. The van der Waals surface area contributed by atoms with Crippen LogP contribution in [-0.4, -0.2) is 17.6 Å². The summed E-state index contributed by atoms with van der Waals surface area (Å²) in [6, 6.07) is 0. The van der Waals surface area contributed by atoms with Gasteiger partial charge in [-0.1, -0.05) is 91.4 Å². The molecule has 0 aromatic heterocycles. The monoisotopic (exact) mass is 329 g/mol. The summed E-state index contributed by atoms with van der Waals surface area (Å²) in [6.07, 6.45) is 17.6. The zero-order chi connectivity index (χ0) is 17.8. The van der Waals surface area contributed by atoms with Crippen molar-refractivity contribution < 1.29 is 9.90 Å². The second-order valence-electron chi connectivity index (χ2n) is 6.56. The van der Waals surface area contributed by atoms with Gasteiger partial charge in [-0.2, -0.15) is 0 Å². The predicted molar refractivity (Wildman–Crippen MR) is 102 cm³/mol. The second kappa shape index (κ2) is 21.4. The van der Waals surface area contributed by atoms with E-state index in [0.717, 1.165) is 32.2 Å². The Morgan fingerprint density at radius 1 is 0.783 bits per heavy atom. The van der Waals surface area contributed by atoms with Crippen molar-refractivity contribution >= 4 is 5.97 Å². The Morgan fingerprint density at radius 3 is 1.57 bits per heavy atom. The average Bonchev–Trinajstić information content (AvgIpc) is 2.54. The van der Waals surface area contributed by atoms with E-state index in [2.05, 4.69) is 13.8 Å². The highest BCUT2D eigenvalue weighted by Gasteiger charge is 2.12. The van der Waals surface area contributed by atoms with Crippen molar-refractivity contribution in [3.63, 3.8) is 0 Å². The maximum absolute atomic E-state index is 10.4. The SMILES string of the molecule is CCCCC(CC)C(=O)O.CCCCCCCCCCCCN. The molecule has 1 unspecified atom stereocenters. The number of aliphatic carboxylic acids is 1. The highest BCUT2D eigenvalue weighted by Crippen LogP contribution is 2.12. The first-order chi connectivity index (χ1) is 11.1. The molecule has 0 heterocycles. The maximum Gasteiger partial charge on any atom is 0.306 e. The Hall–Kier alpha value is -0.570. The van der Waals surface area contributed by atoms with Crippen LogP contribution in [-0.2, 0) is 4.79 Å². The van der Waals surface area contributed by atoms with Crippen LogP contribution in [0.5, 0.6) is 0 Å². The minimum atomic E-state index is -0.643. The summed E-state index contributed by atoms with van der Waals surface area (Å²) in [6.45, 7) is 7.15. The number of hydrogen-bond donors (Lipinski definition) is 2. The van der Waals surface area contributed by atoms with Crippen LogP contribution in [0, 0.1) is 5.92 Å². The van der Waals surface area contributed by atoms with E-state index < -0.39 is 5.97 Å². The minimum Gasteiger partial charge on any atom is -0.481 e. The summed E-state index contributed by atoms with van der Waals surface area (Å²) in [4.78, 5) is 10.4. The Bertz CT molecular complexity index is 222. The lowest BCUT2D eigenvalue weighted by Gasteiger charge is -2.06. The van der Waals surface area contributed by atoms with Crippen molar-refractivity contribution in [1.82, 2.24) is 0 Å². The Kier molecular flexibility index (Phi) is 23.0. The lowest BCUT2D eigenvalue weighted by Crippen LogP contribution is -2.11. The Labute approximate surface area is 145 Å². The van der Waals surface area contributed by atoms with E-state index in [9.17, 15) is 4.79 Å². The molecular formula is C20H43NO2. The zero-order valence-corrected chi connectivity index (χ0v) is 16.1. The van der Waals surface area contributed by atoms with E-state index in [1.54, 1.807) is 0 Å². The molecule has 3 nitrogen and oxygen atoms in total. The first-order valence-corrected chi connectivity index (χ1v) is 10.1. The predicted octanol–water partition coefficient (Wildman–Crippen LogP) is 6.15. The van der Waals surface area contributed by atoms with Gasteiger partial charge in [-0.3, -0.25) is 4.79 Å². The number of rotatable bonds is 15. The zero-order valence-electron chi connectivity index (χ0n) is 16.1. The number of nitrogens with two attached hydrogens (primary N) is 1. The van der Waals surface area contributed by atoms with E-state index in [4.69, 9.17) is 10.8 Å². The number of carboxylic acids is 1. The lowest BCUT2D eigenvalue weighted by molar-refractivity contribution is -0.142. The van der Waals surface area contributed by atoms with Gasteiger partial charge in [0.2, 0.25) is 0 Å². The van der Waals surface area contributed by atoms with Gasteiger partial charge < -0.3 is 10.8 Å². The van der Waals surface area contributed by atoms with Crippen LogP contribution in [0.25, 0.3) is 0 Å². The van der Waals surface area contributed by atoms with Crippen LogP contribution < -0.4 is 5.73 Å². The molecule has 0 aromatic carbocycles. The van der Waals surface area contributed by atoms with E-state index in [-0.39, 0.29) is 5.92 Å². The van der Waals surface area contributed by atoms with Crippen LogP contribution in [0.3, 0.4) is 0 Å². The van der Waals surface area contributed by atoms with Gasteiger partial charge in [0, 0.05) is 0 Å². The van der Waals surface area contributed by atoms with E-state index in [0.29, 0.717) is 0 Å². The summed E-state index contributed by atoms with van der Waals surface area (Å²) in [5.41, 5.74) is 5.42. The largest absolute Gasteiger partial charge is 0.481 e. The summed E-state index contributed by atoms with van der Waals surface area (Å²) in [5.74, 6) is -0.754. The molecule has 140 valence electrons. The Balaban J connectivity index is 0. The van der Waals surface area contributed by atoms with Crippen LogP contribution in [0.4, 0.5) is 0 Å². The molecule has 3 heteroatoms. The molecule has 0 amide bonds. The Morgan fingerprint density at radius 2 is 1.22 bits per heavy atom. The van der Waals surface area contributed by atoms with Crippen molar-refractivity contribution in [2.45, 2.75) is 111 Å². The van der Waals surface area contributed by atoms with Crippen molar-refractivity contribution in [2.75, 3.05) is 6.54 Å². The molecule has 0 aliphatic carbocycles. The second-order valence-corrected chi connectivity index (χ2v) is 6.56. The molecule has 0 aliphatic heterocycles. The standard InChI is InChI=1S/C12H27N.C8H16O2/c1-2-3-4-5-6-7-8-9-10-11-12-13;1-3-5-6-7(4-2)8(9)10/h2-13H2,1H3;7H,3-6H2,1-2H3,(H,9,10). The molecule has 0 fully saturated rings. The molecule has 0 saturated carbocycles. The van der Waals surface area contributed by atoms with Gasteiger partial charge in [0.25, 0.3) is 0 Å². The van der Waals surface area contributed by atoms with Gasteiger partial charge in [-0.15, -0.1) is 0 Å². The van der Waals surface area contributed by atoms with Crippen molar-refractivity contribution in [1.29, 1.82) is 0 Å². The molecule has 0 aromatic rings. The third-order valence-electron chi connectivity index (χ3n) is 4.31. The molecule has 0 spiro atoms. The van der Waals surface area contributed by atoms with Crippen LogP contribution in [0.2, 0.25) is 0 Å². The number of unbranched alkanes of at least 4 members (excludes halogenated alkanes) is 10. The number of hydrogen-bond acceptors (Lipinski definition) is 2.